The van der Waals surface area contributed by atoms with Crippen LogP contribution in [0, 0.1) is 0 Å². The monoisotopic (exact) mass is 542 g/mol. The van der Waals surface area contributed by atoms with Crippen LogP contribution in [0.3, 0.4) is 0 Å². The third-order valence-electron chi connectivity index (χ3n) is 4.17. The summed E-state index contributed by atoms with van der Waals surface area (Å²) in [6.45, 7) is 11.3. The van der Waals surface area contributed by atoms with Crippen LogP contribution in [0.1, 0.15) is 45.7 Å². The summed E-state index contributed by atoms with van der Waals surface area (Å²) in [7, 11) is 1.72. The van der Waals surface area contributed by atoms with Crippen LogP contribution in [0.2, 0.25) is 0 Å². The second kappa shape index (κ2) is 11.9. The minimum atomic E-state index is -0.528. The van der Waals surface area contributed by atoms with E-state index in [0.29, 0.717) is 19.0 Å². The predicted molar refractivity (Wildman–Crippen MR) is 135 cm³/mol. The zero-order valence-electron chi connectivity index (χ0n) is 19.2. The number of carbonyl (C=O) groups is 1. The Morgan fingerprint density at radius 3 is 2.29 bits per heavy atom. The summed E-state index contributed by atoms with van der Waals surface area (Å²) >= 11 is 0. The van der Waals surface area contributed by atoms with Gasteiger partial charge < -0.3 is 25.3 Å². The van der Waals surface area contributed by atoms with Gasteiger partial charge in [0.05, 0.1) is 11.9 Å². The number of aromatic nitrogens is 2. The average Bonchev–Trinajstić information content (AvgIpc) is 3.14. The Labute approximate surface area is 202 Å². The smallest absolute Gasteiger partial charge is 0.408 e. The molecule has 9 heteroatoms. The number of imidazole rings is 1. The lowest BCUT2D eigenvalue weighted by Gasteiger charge is -2.29. The van der Waals surface area contributed by atoms with Crippen molar-refractivity contribution < 1.29 is 9.53 Å². The Morgan fingerprint density at radius 2 is 1.74 bits per heavy atom. The number of hydrogen-bond donors (Lipinski definition) is 3. The normalized spacial score (nSPS) is 12.0. The van der Waals surface area contributed by atoms with Crippen molar-refractivity contribution >= 4 is 36.0 Å². The van der Waals surface area contributed by atoms with E-state index in [1.54, 1.807) is 13.2 Å². The molecule has 0 bridgehead atoms. The molecular formula is C22H35IN6O2. The SMILES string of the molecule is CN=C(NCc1ccc(Cn2ccnc2)cc1)NCC(C)(C)NC(=O)OC(C)(C)C.I. The van der Waals surface area contributed by atoms with Crippen LogP contribution in [-0.2, 0) is 17.8 Å². The largest absolute Gasteiger partial charge is 0.444 e. The van der Waals surface area contributed by atoms with Crippen LogP contribution >= 0.6 is 24.0 Å². The molecule has 0 aliphatic heterocycles. The van der Waals surface area contributed by atoms with E-state index < -0.39 is 17.2 Å². The van der Waals surface area contributed by atoms with E-state index >= 15 is 0 Å². The Kier molecular flexibility index (Phi) is 10.3. The number of guanidine groups is 1. The molecule has 0 radical (unpaired) electrons. The lowest BCUT2D eigenvalue weighted by molar-refractivity contribution is 0.0474. The van der Waals surface area contributed by atoms with Crippen molar-refractivity contribution in [1.82, 2.24) is 25.5 Å². The van der Waals surface area contributed by atoms with Crippen molar-refractivity contribution in [2.24, 2.45) is 4.99 Å². The highest BCUT2D eigenvalue weighted by molar-refractivity contribution is 14.0. The van der Waals surface area contributed by atoms with Gasteiger partial charge in [-0.2, -0.15) is 0 Å². The van der Waals surface area contributed by atoms with Gasteiger partial charge in [0.15, 0.2) is 5.96 Å². The van der Waals surface area contributed by atoms with Crippen molar-refractivity contribution in [2.45, 2.75) is 58.8 Å². The van der Waals surface area contributed by atoms with E-state index in [2.05, 4.69) is 50.2 Å². The number of alkyl carbamates (subject to hydrolysis) is 1. The maximum Gasteiger partial charge on any atom is 0.408 e. The van der Waals surface area contributed by atoms with Crippen LogP contribution in [0.5, 0.6) is 0 Å². The van der Waals surface area contributed by atoms with Crippen LogP contribution in [0.4, 0.5) is 4.79 Å². The zero-order chi connectivity index (χ0) is 22.2. The molecule has 0 fully saturated rings. The molecule has 0 atom stereocenters. The Bertz CT molecular complexity index is 827. The van der Waals surface area contributed by atoms with E-state index in [9.17, 15) is 4.79 Å². The fraction of sp³-hybridized carbons (Fsp3) is 0.500. The molecule has 0 aliphatic rings. The van der Waals surface area contributed by atoms with Gasteiger partial charge in [0, 0.05) is 39.1 Å². The molecule has 1 aromatic heterocycles. The molecule has 0 spiro atoms. The fourth-order valence-corrected chi connectivity index (χ4v) is 2.69. The van der Waals surface area contributed by atoms with E-state index in [-0.39, 0.29) is 24.0 Å². The number of aliphatic imine (C=N–C) groups is 1. The topological polar surface area (TPSA) is 92.6 Å². The molecule has 0 saturated heterocycles. The zero-order valence-corrected chi connectivity index (χ0v) is 21.6. The van der Waals surface area contributed by atoms with E-state index in [1.807, 2.05) is 51.7 Å². The second-order valence-corrected chi connectivity index (χ2v) is 8.84. The van der Waals surface area contributed by atoms with Gasteiger partial charge >= 0.3 is 6.09 Å². The fourth-order valence-electron chi connectivity index (χ4n) is 2.69. The molecule has 1 heterocycles. The molecule has 0 unspecified atom stereocenters. The van der Waals surface area contributed by atoms with Gasteiger partial charge in [-0.15, -0.1) is 24.0 Å². The quantitative estimate of drug-likeness (QED) is 0.283. The number of hydrogen-bond acceptors (Lipinski definition) is 4. The molecule has 0 saturated carbocycles. The number of ether oxygens (including phenoxy) is 1. The first-order valence-electron chi connectivity index (χ1n) is 10.1. The predicted octanol–water partition coefficient (Wildman–Crippen LogP) is 3.52. The highest BCUT2D eigenvalue weighted by Crippen LogP contribution is 2.09. The number of amides is 1. The van der Waals surface area contributed by atoms with Gasteiger partial charge in [0.2, 0.25) is 0 Å². The minimum absolute atomic E-state index is 0. The van der Waals surface area contributed by atoms with Gasteiger partial charge in [-0.25, -0.2) is 9.78 Å². The maximum atomic E-state index is 12.0. The van der Waals surface area contributed by atoms with Crippen molar-refractivity contribution in [2.75, 3.05) is 13.6 Å². The molecule has 172 valence electrons. The van der Waals surface area contributed by atoms with Crippen molar-refractivity contribution in [3.05, 3.63) is 54.1 Å². The summed E-state index contributed by atoms with van der Waals surface area (Å²) in [5, 5.41) is 9.42. The third kappa shape index (κ3) is 10.5. The second-order valence-electron chi connectivity index (χ2n) is 8.84. The summed E-state index contributed by atoms with van der Waals surface area (Å²) < 4.78 is 7.36. The Balaban J connectivity index is 0.00000480. The number of nitrogens with one attached hydrogen (secondary N) is 3. The van der Waals surface area contributed by atoms with Crippen molar-refractivity contribution in [3.63, 3.8) is 0 Å². The van der Waals surface area contributed by atoms with Gasteiger partial charge in [-0.05, 0) is 45.7 Å². The standard InChI is InChI=1S/C22H34N6O2.HI/c1-21(2,3)30-20(29)27-22(4,5)15-26-19(23-6)25-13-17-7-9-18(10-8-17)14-28-12-11-24-16-28;/h7-12,16H,13-15H2,1-6H3,(H,27,29)(H2,23,25,26);1H. The summed E-state index contributed by atoms with van der Waals surface area (Å²) in [5.41, 5.74) is 1.33. The van der Waals surface area contributed by atoms with E-state index in [1.165, 1.54) is 5.56 Å². The molecule has 31 heavy (non-hydrogen) atoms. The Hall–Kier alpha value is -2.30. The summed E-state index contributed by atoms with van der Waals surface area (Å²) in [4.78, 5) is 20.3. The minimum Gasteiger partial charge on any atom is -0.444 e. The van der Waals surface area contributed by atoms with Crippen molar-refractivity contribution in [1.29, 1.82) is 0 Å². The van der Waals surface area contributed by atoms with Gasteiger partial charge in [0.25, 0.3) is 0 Å². The van der Waals surface area contributed by atoms with Crippen molar-refractivity contribution in [3.8, 4) is 0 Å². The van der Waals surface area contributed by atoms with E-state index in [4.69, 9.17) is 4.74 Å². The number of rotatable bonds is 7. The number of nitrogens with zero attached hydrogens (tertiary/aromatic N) is 3. The van der Waals surface area contributed by atoms with Gasteiger partial charge in [-0.3, -0.25) is 4.99 Å². The van der Waals surface area contributed by atoms with Crippen LogP contribution in [-0.4, -0.2) is 46.3 Å². The van der Waals surface area contributed by atoms with Gasteiger partial charge in [0.1, 0.15) is 5.60 Å². The van der Waals surface area contributed by atoms with E-state index in [0.717, 1.165) is 12.1 Å². The number of halogens is 1. The summed E-state index contributed by atoms with van der Waals surface area (Å²) in [6.07, 6.45) is 5.10. The maximum absolute atomic E-state index is 12.0. The molecule has 2 rings (SSSR count). The molecule has 1 amide bonds. The number of carbonyl (C=O) groups excluding carboxylic acids is 1. The van der Waals surface area contributed by atoms with Crippen LogP contribution in [0.25, 0.3) is 0 Å². The van der Waals surface area contributed by atoms with Crippen LogP contribution < -0.4 is 16.0 Å². The molecular weight excluding hydrogens is 507 g/mol. The summed E-state index contributed by atoms with van der Waals surface area (Å²) in [6, 6.07) is 8.42. The molecule has 3 N–H and O–H groups in total. The molecule has 8 nitrogen and oxygen atoms in total. The van der Waals surface area contributed by atoms with Crippen LogP contribution in [0.15, 0.2) is 48.0 Å². The first-order chi connectivity index (χ1) is 14.1. The first-order valence-corrected chi connectivity index (χ1v) is 10.1. The lowest BCUT2D eigenvalue weighted by atomic mass is 10.1. The Morgan fingerprint density at radius 1 is 1.10 bits per heavy atom. The molecule has 1 aromatic carbocycles. The van der Waals surface area contributed by atoms with Gasteiger partial charge in [-0.1, -0.05) is 24.3 Å². The summed E-state index contributed by atoms with van der Waals surface area (Å²) in [5.74, 6) is 0.663. The molecule has 0 aliphatic carbocycles. The highest BCUT2D eigenvalue weighted by Gasteiger charge is 2.24. The number of benzene rings is 1. The lowest BCUT2D eigenvalue weighted by Crippen LogP contribution is -2.54. The molecule has 2 aromatic rings. The third-order valence-corrected chi connectivity index (χ3v) is 4.17. The first kappa shape index (κ1) is 26.7. The average molecular weight is 542 g/mol. The highest BCUT2D eigenvalue weighted by atomic mass is 127.